The number of esters is 1. The lowest BCUT2D eigenvalue weighted by molar-refractivity contribution is -0.294. The van der Waals surface area contributed by atoms with Crippen molar-refractivity contribution in [1.82, 2.24) is 4.98 Å². The number of oxime groups is 1. The van der Waals surface area contributed by atoms with Crippen LogP contribution in [0.5, 0.6) is 0 Å². The predicted molar refractivity (Wildman–Crippen MR) is 88.3 cm³/mol. The third kappa shape index (κ3) is 6.15. The first-order valence-corrected chi connectivity index (χ1v) is 8.52. The summed E-state index contributed by atoms with van der Waals surface area (Å²) in [7, 11) is 0. The second-order valence-electron chi connectivity index (χ2n) is 5.60. The van der Waals surface area contributed by atoms with Crippen molar-refractivity contribution in [1.29, 1.82) is 0 Å². The number of thiazole rings is 1. The van der Waals surface area contributed by atoms with Gasteiger partial charge >= 0.3 is 5.97 Å². The van der Waals surface area contributed by atoms with Gasteiger partial charge in [-0.3, -0.25) is 0 Å². The fourth-order valence-corrected chi connectivity index (χ4v) is 2.20. The van der Waals surface area contributed by atoms with Crippen LogP contribution in [0.4, 0.5) is 5.13 Å². The molecule has 0 bridgehead atoms. The van der Waals surface area contributed by atoms with Gasteiger partial charge in [-0.05, 0) is 20.3 Å². The van der Waals surface area contributed by atoms with Crippen LogP contribution in [0.3, 0.4) is 0 Å². The van der Waals surface area contributed by atoms with Gasteiger partial charge in [-0.1, -0.05) is 31.3 Å². The van der Waals surface area contributed by atoms with Gasteiger partial charge in [0.1, 0.15) is 5.69 Å². The number of rotatable bonds is 10. The van der Waals surface area contributed by atoms with Crippen molar-refractivity contribution in [2.24, 2.45) is 5.16 Å². The Labute approximate surface area is 144 Å². The number of anilines is 1. The average molecular weight is 356 g/mol. The molecule has 0 aliphatic rings. The molecule has 0 aliphatic heterocycles. The number of aromatic nitrogens is 1. The molecule has 0 unspecified atom stereocenters. The van der Waals surface area contributed by atoms with Crippen molar-refractivity contribution in [3.63, 3.8) is 0 Å². The van der Waals surface area contributed by atoms with E-state index in [4.69, 9.17) is 15.3 Å². The summed E-state index contributed by atoms with van der Waals surface area (Å²) in [5.41, 5.74) is 3.50. The molecule has 1 aromatic heterocycles. The fraction of sp³-hybridized carbons (Fsp3) is 0.600. The summed E-state index contributed by atoms with van der Waals surface area (Å²) >= 11 is 1.05. The molecule has 0 amide bonds. The van der Waals surface area contributed by atoms with Gasteiger partial charge in [0, 0.05) is 5.38 Å². The summed E-state index contributed by atoms with van der Waals surface area (Å²) in [6.07, 6.45) is 3.91. The van der Waals surface area contributed by atoms with Crippen LogP contribution in [0.2, 0.25) is 0 Å². The minimum absolute atomic E-state index is 0.0150. The van der Waals surface area contributed by atoms with Gasteiger partial charge in [0.2, 0.25) is 5.60 Å². The maximum Gasteiger partial charge on any atom is 0.352 e. The number of carboxylic acids is 1. The molecule has 0 aliphatic carbocycles. The summed E-state index contributed by atoms with van der Waals surface area (Å²) in [5, 5.41) is 16.2. The van der Waals surface area contributed by atoms with Crippen molar-refractivity contribution >= 4 is 34.1 Å². The van der Waals surface area contributed by atoms with E-state index in [1.54, 1.807) is 0 Å². The standard InChI is InChI=1S/C15H23N3O5S/c1-4-5-6-7-8-22-13(21)15(2,3)23-18-11(12(19)20)10-9-24-14(16)17-10/h9H,4-8H2,1-3H3,(H2,16,17)(H,19,20)/p-1/b18-11-. The quantitative estimate of drug-likeness (QED) is 0.288. The lowest BCUT2D eigenvalue weighted by Gasteiger charge is -2.21. The number of hydrogen-bond donors (Lipinski definition) is 1. The number of carboxylic acid groups (broad SMARTS) is 1. The maximum atomic E-state index is 12.0. The molecule has 1 rings (SSSR count). The minimum Gasteiger partial charge on any atom is -0.543 e. The highest BCUT2D eigenvalue weighted by Gasteiger charge is 2.32. The highest BCUT2D eigenvalue weighted by Crippen LogP contribution is 2.16. The van der Waals surface area contributed by atoms with Gasteiger partial charge in [0.05, 0.1) is 12.6 Å². The molecule has 134 valence electrons. The Kier molecular flexibility index (Phi) is 7.63. The summed E-state index contributed by atoms with van der Waals surface area (Å²) in [6, 6.07) is 0. The van der Waals surface area contributed by atoms with Gasteiger partial charge in [0.15, 0.2) is 10.8 Å². The Morgan fingerprint density at radius 3 is 2.62 bits per heavy atom. The Balaban J connectivity index is 2.66. The van der Waals surface area contributed by atoms with E-state index in [1.807, 2.05) is 0 Å². The van der Waals surface area contributed by atoms with E-state index in [2.05, 4.69) is 17.1 Å². The van der Waals surface area contributed by atoms with Crippen LogP contribution in [0.15, 0.2) is 10.5 Å². The van der Waals surface area contributed by atoms with Gasteiger partial charge in [0.25, 0.3) is 0 Å². The largest absolute Gasteiger partial charge is 0.543 e. The third-order valence-corrected chi connectivity index (χ3v) is 3.72. The van der Waals surface area contributed by atoms with E-state index in [0.717, 1.165) is 37.0 Å². The number of carbonyl (C=O) groups is 2. The van der Waals surface area contributed by atoms with E-state index in [0.29, 0.717) is 0 Å². The maximum absolute atomic E-state index is 12.0. The molecule has 1 heterocycles. The van der Waals surface area contributed by atoms with Crippen LogP contribution in [-0.4, -0.2) is 34.8 Å². The molecule has 2 N–H and O–H groups in total. The van der Waals surface area contributed by atoms with Crippen LogP contribution in [0.25, 0.3) is 0 Å². The molecule has 0 fully saturated rings. The molecule has 9 heteroatoms. The molecule has 0 saturated heterocycles. The minimum atomic E-state index is -1.58. The number of nitrogens with two attached hydrogens (primary N) is 1. The van der Waals surface area contributed by atoms with Crippen LogP contribution in [0, 0.1) is 0 Å². The summed E-state index contributed by atoms with van der Waals surface area (Å²) in [6.45, 7) is 5.25. The zero-order chi connectivity index (χ0) is 18.2. The number of ether oxygens (including phenoxy) is 1. The van der Waals surface area contributed by atoms with E-state index < -0.39 is 23.3 Å². The number of nitrogen functional groups attached to an aromatic ring is 1. The van der Waals surface area contributed by atoms with Crippen molar-refractivity contribution in [3.05, 3.63) is 11.1 Å². The van der Waals surface area contributed by atoms with Crippen LogP contribution in [-0.2, 0) is 19.2 Å². The lowest BCUT2D eigenvalue weighted by Crippen LogP contribution is -2.38. The smallest absolute Gasteiger partial charge is 0.352 e. The molecular formula is C15H22N3O5S-. The number of carbonyl (C=O) groups excluding carboxylic acids is 2. The Bertz CT molecular complexity index is 598. The first kappa shape index (κ1) is 19.9. The molecule has 0 spiro atoms. The molecule has 24 heavy (non-hydrogen) atoms. The van der Waals surface area contributed by atoms with Crippen LogP contribution >= 0.6 is 11.3 Å². The average Bonchev–Trinajstić information content (AvgIpc) is 2.92. The third-order valence-electron chi connectivity index (χ3n) is 3.05. The first-order valence-electron chi connectivity index (χ1n) is 7.64. The summed E-state index contributed by atoms with van der Waals surface area (Å²) < 4.78 is 5.13. The molecule has 0 aromatic carbocycles. The van der Waals surface area contributed by atoms with Gasteiger partial charge in [-0.25, -0.2) is 9.78 Å². The van der Waals surface area contributed by atoms with Crippen LogP contribution < -0.4 is 10.8 Å². The van der Waals surface area contributed by atoms with Crippen molar-refractivity contribution in [3.8, 4) is 0 Å². The topological polar surface area (TPSA) is 127 Å². The monoisotopic (exact) mass is 356 g/mol. The zero-order valence-corrected chi connectivity index (χ0v) is 14.9. The Morgan fingerprint density at radius 2 is 2.08 bits per heavy atom. The lowest BCUT2D eigenvalue weighted by atomic mass is 10.1. The summed E-state index contributed by atoms with van der Waals surface area (Å²) in [4.78, 5) is 32.0. The molecule has 0 atom stereocenters. The molecule has 8 nitrogen and oxygen atoms in total. The number of nitrogens with zero attached hydrogens (tertiary/aromatic N) is 2. The molecular weight excluding hydrogens is 334 g/mol. The summed E-state index contributed by atoms with van der Waals surface area (Å²) in [5.74, 6) is -2.21. The molecule has 0 saturated carbocycles. The van der Waals surface area contributed by atoms with Crippen molar-refractivity contribution in [2.45, 2.75) is 52.1 Å². The number of unbranched alkanes of at least 4 members (excludes halogenated alkanes) is 3. The zero-order valence-electron chi connectivity index (χ0n) is 14.0. The number of hydrogen-bond acceptors (Lipinski definition) is 9. The normalized spacial score (nSPS) is 12.0. The van der Waals surface area contributed by atoms with E-state index in [-0.39, 0.29) is 17.4 Å². The van der Waals surface area contributed by atoms with Gasteiger partial charge in [-0.2, -0.15) is 0 Å². The van der Waals surface area contributed by atoms with E-state index in [9.17, 15) is 14.7 Å². The second kappa shape index (κ2) is 9.21. The molecule has 1 aromatic rings. The Hall–Kier alpha value is -2.16. The second-order valence-corrected chi connectivity index (χ2v) is 6.49. The van der Waals surface area contributed by atoms with E-state index in [1.165, 1.54) is 19.2 Å². The highest BCUT2D eigenvalue weighted by molar-refractivity contribution is 7.13. The fourth-order valence-electron chi connectivity index (χ4n) is 1.65. The van der Waals surface area contributed by atoms with Crippen LogP contribution in [0.1, 0.15) is 52.1 Å². The van der Waals surface area contributed by atoms with Crippen molar-refractivity contribution in [2.75, 3.05) is 12.3 Å². The highest BCUT2D eigenvalue weighted by atomic mass is 32.1. The number of aliphatic carboxylic acids is 1. The first-order chi connectivity index (χ1) is 11.3. The van der Waals surface area contributed by atoms with Gasteiger partial charge < -0.3 is 25.2 Å². The van der Waals surface area contributed by atoms with E-state index >= 15 is 0 Å². The SMILES string of the molecule is CCCCCCOC(=O)C(C)(C)O/N=C(\C(=O)[O-])c1csc(N)n1. The van der Waals surface area contributed by atoms with Crippen molar-refractivity contribution < 1.29 is 24.3 Å². The Morgan fingerprint density at radius 1 is 1.38 bits per heavy atom. The van der Waals surface area contributed by atoms with Gasteiger partial charge in [-0.15, -0.1) is 11.3 Å². The predicted octanol–water partition coefficient (Wildman–Crippen LogP) is 1.10. The molecule has 0 radical (unpaired) electrons.